The van der Waals surface area contributed by atoms with Gasteiger partial charge in [0, 0.05) is 13.1 Å². The molecule has 1 N–H and O–H groups in total. The molecular formula is C9H9ClF3N. The molecule has 2 rings (SSSR count). The van der Waals surface area contributed by atoms with Gasteiger partial charge in [-0.05, 0) is 23.3 Å². The van der Waals surface area contributed by atoms with Gasteiger partial charge in [0.15, 0.2) is 0 Å². The van der Waals surface area contributed by atoms with Crippen LogP contribution in [0.2, 0.25) is 0 Å². The van der Waals surface area contributed by atoms with E-state index in [2.05, 4.69) is 5.32 Å². The Hall–Kier alpha value is -0.740. The van der Waals surface area contributed by atoms with Crippen molar-refractivity contribution in [1.82, 2.24) is 5.32 Å². The zero-order valence-corrected chi connectivity index (χ0v) is 8.00. The van der Waals surface area contributed by atoms with Gasteiger partial charge in [-0.2, -0.15) is 13.2 Å². The molecule has 0 saturated carbocycles. The average molecular weight is 224 g/mol. The van der Waals surface area contributed by atoms with Crippen molar-refractivity contribution in [3.8, 4) is 0 Å². The van der Waals surface area contributed by atoms with Gasteiger partial charge in [0.05, 0.1) is 5.56 Å². The minimum atomic E-state index is -4.22. The van der Waals surface area contributed by atoms with Crippen molar-refractivity contribution < 1.29 is 13.2 Å². The summed E-state index contributed by atoms with van der Waals surface area (Å²) in [6, 6.07) is 3.89. The van der Waals surface area contributed by atoms with Crippen LogP contribution in [0, 0.1) is 0 Å². The molecule has 0 aliphatic carbocycles. The van der Waals surface area contributed by atoms with Gasteiger partial charge in [0.25, 0.3) is 0 Å². The minimum Gasteiger partial charge on any atom is -0.309 e. The number of hydrogen-bond acceptors (Lipinski definition) is 1. The van der Waals surface area contributed by atoms with Crippen LogP contribution >= 0.6 is 12.4 Å². The van der Waals surface area contributed by atoms with E-state index in [-0.39, 0.29) is 12.4 Å². The van der Waals surface area contributed by atoms with Crippen molar-refractivity contribution in [1.29, 1.82) is 0 Å². The first-order valence-corrected chi connectivity index (χ1v) is 3.97. The molecule has 78 valence electrons. The Kier molecular flexibility index (Phi) is 3.07. The van der Waals surface area contributed by atoms with Crippen LogP contribution in [0.15, 0.2) is 18.2 Å². The van der Waals surface area contributed by atoms with Crippen molar-refractivity contribution in [2.45, 2.75) is 19.3 Å². The van der Waals surface area contributed by atoms with Crippen LogP contribution in [0.5, 0.6) is 0 Å². The van der Waals surface area contributed by atoms with Crippen LogP contribution < -0.4 is 5.32 Å². The molecular weight excluding hydrogens is 215 g/mol. The summed E-state index contributed by atoms with van der Waals surface area (Å²) in [4.78, 5) is 0. The number of nitrogens with one attached hydrogen (secondary N) is 1. The highest BCUT2D eigenvalue weighted by Gasteiger charge is 2.31. The van der Waals surface area contributed by atoms with Gasteiger partial charge in [0.2, 0.25) is 0 Å². The van der Waals surface area contributed by atoms with Gasteiger partial charge in [-0.25, -0.2) is 0 Å². The Morgan fingerprint density at radius 1 is 1.07 bits per heavy atom. The first-order chi connectivity index (χ1) is 6.07. The second-order valence-corrected chi connectivity index (χ2v) is 3.08. The number of rotatable bonds is 0. The summed E-state index contributed by atoms with van der Waals surface area (Å²) in [5.74, 6) is 0. The third kappa shape index (κ3) is 2.01. The summed E-state index contributed by atoms with van der Waals surface area (Å²) >= 11 is 0. The zero-order chi connectivity index (χ0) is 9.47. The molecule has 0 saturated heterocycles. The van der Waals surface area contributed by atoms with E-state index in [1.807, 2.05) is 0 Å². The molecule has 1 nitrogen and oxygen atoms in total. The smallest absolute Gasteiger partial charge is 0.309 e. The van der Waals surface area contributed by atoms with E-state index in [1.165, 1.54) is 12.1 Å². The van der Waals surface area contributed by atoms with Crippen LogP contribution in [0.4, 0.5) is 13.2 Å². The van der Waals surface area contributed by atoms with Crippen molar-refractivity contribution in [2.75, 3.05) is 0 Å². The van der Waals surface area contributed by atoms with E-state index in [0.29, 0.717) is 13.1 Å². The third-order valence-corrected chi connectivity index (χ3v) is 2.16. The van der Waals surface area contributed by atoms with Crippen LogP contribution in [0.25, 0.3) is 0 Å². The molecule has 0 unspecified atom stereocenters. The van der Waals surface area contributed by atoms with Crippen LogP contribution in [0.3, 0.4) is 0 Å². The standard InChI is InChI=1S/C9H8F3N.ClH/c10-9(11,12)8-2-1-6-4-13-5-7(6)3-8;/h1-3,13H,4-5H2;1H. The molecule has 0 amide bonds. The number of halogens is 4. The quantitative estimate of drug-likeness (QED) is 0.713. The van der Waals surface area contributed by atoms with Gasteiger partial charge in [-0.1, -0.05) is 6.07 Å². The monoisotopic (exact) mass is 223 g/mol. The lowest BCUT2D eigenvalue weighted by Gasteiger charge is -2.07. The van der Waals surface area contributed by atoms with Crippen molar-refractivity contribution >= 4 is 12.4 Å². The largest absolute Gasteiger partial charge is 0.416 e. The summed E-state index contributed by atoms with van der Waals surface area (Å²) in [5.41, 5.74) is 1.16. The van der Waals surface area contributed by atoms with Gasteiger partial charge in [0.1, 0.15) is 0 Å². The second kappa shape index (κ2) is 3.79. The Balaban J connectivity index is 0.000000980. The minimum absolute atomic E-state index is 0. The van der Waals surface area contributed by atoms with Crippen LogP contribution in [-0.2, 0) is 19.3 Å². The Bertz CT molecular complexity index is 335. The molecule has 0 bridgehead atoms. The number of fused-ring (bicyclic) bond motifs is 1. The third-order valence-electron chi connectivity index (χ3n) is 2.16. The number of alkyl halides is 3. The van der Waals surface area contributed by atoms with E-state index in [4.69, 9.17) is 0 Å². The molecule has 1 aliphatic heterocycles. The van der Waals surface area contributed by atoms with Crippen molar-refractivity contribution in [3.05, 3.63) is 34.9 Å². The fourth-order valence-electron chi connectivity index (χ4n) is 1.47. The predicted molar refractivity (Wildman–Crippen MR) is 49.2 cm³/mol. The lowest BCUT2D eigenvalue weighted by molar-refractivity contribution is -0.137. The molecule has 0 radical (unpaired) electrons. The normalized spacial score (nSPS) is 14.8. The fourth-order valence-corrected chi connectivity index (χ4v) is 1.47. The van der Waals surface area contributed by atoms with Crippen molar-refractivity contribution in [3.63, 3.8) is 0 Å². The van der Waals surface area contributed by atoms with Crippen molar-refractivity contribution in [2.24, 2.45) is 0 Å². The molecule has 0 atom stereocenters. The predicted octanol–water partition coefficient (Wildman–Crippen LogP) is 2.73. The Morgan fingerprint density at radius 3 is 2.36 bits per heavy atom. The van der Waals surface area contributed by atoms with E-state index < -0.39 is 11.7 Å². The summed E-state index contributed by atoms with van der Waals surface area (Å²) < 4.78 is 36.7. The first-order valence-electron chi connectivity index (χ1n) is 3.97. The highest BCUT2D eigenvalue weighted by Crippen LogP contribution is 2.31. The van der Waals surface area contributed by atoms with Gasteiger partial charge in [-0.3, -0.25) is 0 Å². The summed E-state index contributed by atoms with van der Waals surface area (Å²) in [7, 11) is 0. The zero-order valence-electron chi connectivity index (χ0n) is 7.19. The molecule has 5 heteroatoms. The molecule has 0 spiro atoms. The van der Waals surface area contributed by atoms with E-state index in [9.17, 15) is 13.2 Å². The molecule has 1 aromatic rings. The molecule has 0 fully saturated rings. The second-order valence-electron chi connectivity index (χ2n) is 3.08. The molecule has 1 aromatic carbocycles. The summed E-state index contributed by atoms with van der Waals surface area (Å²) in [5, 5.41) is 3.00. The van der Waals surface area contributed by atoms with Crippen LogP contribution in [0.1, 0.15) is 16.7 Å². The maximum atomic E-state index is 12.2. The lowest BCUT2D eigenvalue weighted by atomic mass is 10.1. The SMILES string of the molecule is Cl.FC(F)(F)c1ccc2c(c1)CNC2. The summed E-state index contributed by atoms with van der Waals surface area (Å²) in [6.07, 6.45) is -4.22. The maximum Gasteiger partial charge on any atom is 0.416 e. The Labute approximate surface area is 85.7 Å². The lowest BCUT2D eigenvalue weighted by Crippen LogP contribution is -2.05. The van der Waals surface area contributed by atoms with Gasteiger partial charge >= 0.3 is 6.18 Å². The maximum absolute atomic E-state index is 12.2. The number of hydrogen-bond donors (Lipinski definition) is 1. The molecule has 1 heterocycles. The molecule has 0 aromatic heterocycles. The number of benzene rings is 1. The highest BCUT2D eigenvalue weighted by molar-refractivity contribution is 5.85. The fraction of sp³-hybridized carbons (Fsp3) is 0.333. The topological polar surface area (TPSA) is 12.0 Å². The van der Waals surface area contributed by atoms with E-state index >= 15 is 0 Å². The average Bonchev–Trinajstić information content (AvgIpc) is 2.47. The van der Waals surface area contributed by atoms with Crippen LogP contribution in [-0.4, -0.2) is 0 Å². The van der Waals surface area contributed by atoms with Gasteiger partial charge in [-0.15, -0.1) is 12.4 Å². The Morgan fingerprint density at radius 2 is 1.71 bits per heavy atom. The summed E-state index contributed by atoms with van der Waals surface area (Å²) in [6.45, 7) is 1.22. The van der Waals surface area contributed by atoms with E-state index in [1.54, 1.807) is 0 Å². The molecule has 14 heavy (non-hydrogen) atoms. The highest BCUT2D eigenvalue weighted by atomic mass is 35.5. The molecule has 1 aliphatic rings. The first kappa shape index (κ1) is 11.3. The van der Waals surface area contributed by atoms with E-state index in [0.717, 1.165) is 17.2 Å². The van der Waals surface area contributed by atoms with Gasteiger partial charge < -0.3 is 5.32 Å².